The molecule has 0 aliphatic heterocycles. The van der Waals surface area contributed by atoms with Gasteiger partial charge < -0.3 is 0 Å². The van der Waals surface area contributed by atoms with Crippen molar-refractivity contribution in [3.8, 4) is 11.1 Å². The molecule has 0 spiro atoms. The molecular formula is C13H10F. The van der Waals surface area contributed by atoms with Crippen LogP contribution in [0.25, 0.3) is 11.1 Å². The fraction of sp³-hybridized carbons (Fsp3) is 0.0769. The van der Waals surface area contributed by atoms with Crippen molar-refractivity contribution in [2.75, 3.05) is 0 Å². The van der Waals surface area contributed by atoms with Crippen molar-refractivity contribution in [3.63, 3.8) is 0 Å². The SMILES string of the molecule is Cc1cc(-c2c[c]ccc2)ccc1F. The van der Waals surface area contributed by atoms with Gasteiger partial charge in [-0.3, -0.25) is 0 Å². The third kappa shape index (κ3) is 1.67. The number of halogens is 1. The maximum absolute atomic E-state index is 13.0. The number of benzene rings is 2. The fourth-order valence-corrected chi connectivity index (χ4v) is 1.40. The minimum Gasteiger partial charge on any atom is -0.207 e. The van der Waals surface area contributed by atoms with Crippen LogP contribution >= 0.6 is 0 Å². The Morgan fingerprint density at radius 1 is 1.14 bits per heavy atom. The summed E-state index contributed by atoms with van der Waals surface area (Å²) >= 11 is 0. The van der Waals surface area contributed by atoms with E-state index in [0.29, 0.717) is 5.56 Å². The highest BCUT2D eigenvalue weighted by atomic mass is 19.1. The van der Waals surface area contributed by atoms with E-state index in [0.717, 1.165) is 11.1 Å². The average Bonchev–Trinajstić information content (AvgIpc) is 2.23. The zero-order valence-corrected chi connectivity index (χ0v) is 7.92. The Hall–Kier alpha value is -1.63. The summed E-state index contributed by atoms with van der Waals surface area (Å²) in [4.78, 5) is 0. The standard InChI is InChI=1S/C13H10F/c1-10-9-12(7-8-13(10)14)11-5-3-2-4-6-11/h2-3,5-9H,1H3. The van der Waals surface area contributed by atoms with Gasteiger partial charge in [0.1, 0.15) is 5.82 Å². The molecule has 0 nitrogen and oxygen atoms in total. The van der Waals surface area contributed by atoms with Crippen LogP contribution in [0.2, 0.25) is 0 Å². The van der Waals surface area contributed by atoms with Gasteiger partial charge in [0.25, 0.3) is 0 Å². The van der Waals surface area contributed by atoms with Gasteiger partial charge >= 0.3 is 0 Å². The predicted molar refractivity (Wildman–Crippen MR) is 55.4 cm³/mol. The first-order valence-electron chi connectivity index (χ1n) is 4.50. The molecule has 0 saturated carbocycles. The second-order valence-corrected chi connectivity index (χ2v) is 3.26. The van der Waals surface area contributed by atoms with Crippen molar-refractivity contribution in [2.45, 2.75) is 6.92 Å². The van der Waals surface area contributed by atoms with Crippen molar-refractivity contribution in [1.82, 2.24) is 0 Å². The Kier molecular flexibility index (Phi) is 2.32. The maximum atomic E-state index is 13.0. The Morgan fingerprint density at radius 3 is 2.64 bits per heavy atom. The van der Waals surface area contributed by atoms with Crippen LogP contribution in [0.3, 0.4) is 0 Å². The molecule has 69 valence electrons. The summed E-state index contributed by atoms with van der Waals surface area (Å²) in [5.74, 6) is -0.159. The lowest BCUT2D eigenvalue weighted by atomic mass is 10.0. The highest BCUT2D eigenvalue weighted by molar-refractivity contribution is 5.63. The summed E-state index contributed by atoms with van der Waals surface area (Å²) < 4.78 is 13.0. The first-order chi connectivity index (χ1) is 6.77. The van der Waals surface area contributed by atoms with E-state index in [-0.39, 0.29) is 5.82 Å². The lowest BCUT2D eigenvalue weighted by Crippen LogP contribution is -1.83. The van der Waals surface area contributed by atoms with E-state index in [1.165, 1.54) is 6.07 Å². The molecule has 0 heterocycles. The maximum Gasteiger partial charge on any atom is 0.126 e. The van der Waals surface area contributed by atoms with Gasteiger partial charge in [0.2, 0.25) is 0 Å². The van der Waals surface area contributed by atoms with E-state index in [9.17, 15) is 4.39 Å². The van der Waals surface area contributed by atoms with Crippen LogP contribution in [0.5, 0.6) is 0 Å². The first kappa shape index (κ1) is 8.95. The third-order valence-electron chi connectivity index (χ3n) is 2.20. The molecular weight excluding hydrogens is 175 g/mol. The Balaban J connectivity index is 2.48. The first-order valence-corrected chi connectivity index (χ1v) is 4.50. The van der Waals surface area contributed by atoms with Gasteiger partial charge in [-0.1, -0.05) is 24.3 Å². The van der Waals surface area contributed by atoms with Gasteiger partial charge in [-0.05, 0) is 47.9 Å². The average molecular weight is 185 g/mol. The molecule has 0 aliphatic rings. The van der Waals surface area contributed by atoms with Crippen molar-refractivity contribution in [3.05, 3.63) is 59.9 Å². The van der Waals surface area contributed by atoms with Crippen LogP contribution in [-0.4, -0.2) is 0 Å². The Labute approximate surface area is 83.0 Å². The molecule has 0 atom stereocenters. The normalized spacial score (nSPS) is 10.1. The van der Waals surface area contributed by atoms with Crippen LogP contribution in [0.4, 0.5) is 4.39 Å². The predicted octanol–water partition coefficient (Wildman–Crippen LogP) is 3.60. The molecule has 2 aromatic carbocycles. The quantitative estimate of drug-likeness (QED) is 0.636. The molecule has 1 radical (unpaired) electrons. The minimum absolute atomic E-state index is 0.159. The van der Waals surface area contributed by atoms with E-state index in [2.05, 4.69) is 6.07 Å². The number of hydrogen-bond donors (Lipinski definition) is 0. The molecule has 0 saturated heterocycles. The van der Waals surface area contributed by atoms with E-state index >= 15 is 0 Å². The number of rotatable bonds is 1. The van der Waals surface area contributed by atoms with Gasteiger partial charge in [-0.15, -0.1) is 0 Å². The molecule has 0 fully saturated rings. The summed E-state index contributed by atoms with van der Waals surface area (Å²) in [5.41, 5.74) is 2.77. The van der Waals surface area contributed by atoms with Crippen LogP contribution < -0.4 is 0 Å². The molecule has 2 rings (SSSR count). The topological polar surface area (TPSA) is 0 Å². The zero-order valence-electron chi connectivity index (χ0n) is 7.92. The molecule has 0 N–H and O–H groups in total. The van der Waals surface area contributed by atoms with Crippen molar-refractivity contribution < 1.29 is 4.39 Å². The van der Waals surface area contributed by atoms with E-state index in [1.54, 1.807) is 13.0 Å². The van der Waals surface area contributed by atoms with E-state index < -0.39 is 0 Å². The van der Waals surface area contributed by atoms with E-state index in [4.69, 9.17) is 0 Å². The number of hydrogen-bond acceptors (Lipinski definition) is 0. The van der Waals surface area contributed by atoms with Gasteiger partial charge in [0.05, 0.1) is 0 Å². The second kappa shape index (κ2) is 3.62. The minimum atomic E-state index is -0.159. The zero-order chi connectivity index (χ0) is 9.97. The summed E-state index contributed by atoms with van der Waals surface area (Å²) in [6.45, 7) is 1.77. The largest absolute Gasteiger partial charge is 0.207 e. The second-order valence-electron chi connectivity index (χ2n) is 3.26. The van der Waals surface area contributed by atoms with Crippen LogP contribution in [0.1, 0.15) is 5.56 Å². The van der Waals surface area contributed by atoms with Gasteiger partial charge in [0.15, 0.2) is 0 Å². The lowest BCUT2D eigenvalue weighted by molar-refractivity contribution is 0.619. The van der Waals surface area contributed by atoms with Crippen molar-refractivity contribution in [1.29, 1.82) is 0 Å². The lowest BCUT2D eigenvalue weighted by Gasteiger charge is -2.02. The Bertz CT molecular complexity index is 432. The molecule has 0 unspecified atom stereocenters. The molecule has 0 aromatic heterocycles. The monoisotopic (exact) mass is 185 g/mol. The van der Waals surface area contributed by atoms with Crippen molar-refractivity contribution in [2.24, 2.45) is 0 Å². The van der Waals surface area contributed by atoms with Crippen LogP contribution in [0, 0.1) is 18.8 Å². The Morgan fingerprint density at radius 2 is 2.00 bits per heavy atom. The summed E-state index contributed by atoms with van der Waals surface area (Å²) in [7, 11) is 0. The van der Waals surface area contributed by atoms with Gasteiger partial charge in [0, 0.05) is 0 Å². The van der Waals surface area contributed by atoms with Gasteiger partial charge in [-0.2, -0.15) is 0 Å². The molecule has 0 amide bonds. The smallest absolute Gasteiger partial charge is 0.126 e. The molecule has 0 bridgehead atoms. The summed E-state index contributed by atoms with van der Waals surface area (Å²) in [5, 5.41) is 0. The summed E-state index contributed by atoms with van der Waals surface area (Å²) in [6, 6.07) is 15.8. The van der Waals surface area contributed by atoms with E-state index in [1.807, 2.05) is 30.3 Å². The number of aryl methyl sites for hydroxylation is 1. The van der Waals surface area contributed by atoms with Crippen LogP contribution in [0.15, 0.2) is 42.5 Å². The molecule has 2 aromatic rings. The van der Waals surface area contributed by atoms with Gasteiger partial charge in [-0.25, -0.2) is 4.39 Å². The molecule has 0 aliphatic carbocycles. The summed E-state index contributed by atoms with van der Waals surface area (Å²) in [6.07, 6.45) is 0. The third-order valence-corrected chi connectivity index (χ3v) is 2.20. The van der Waals surface area contributed by atoms with Crippen molar-refractivity contribution >= 4 is 0 Å². The van der Waals surface area contributed by atoms with Crippen LogP contribution in [-0.2, 0) is 0 Å². The fourth-order valence-electron chi connectivity index (χ4n) is 1.40. The molecule has 14 heavy (non-hydrogen) atoms. The highest BCUT2D eigenvalue weighted by Gasteiger charge is 2.00. The highest BCUT2D eigenvalue weighted by Crippen LogP contribution is 2.20. The molecule has 1 heteroatoms.